The van der Waals surface area contributed by atoms with Crippen molar-refractivity contribution in [1.29, 1.82) is 0 Å². The third-order valence-corrected chi connectivity index (χ3v) is 7.02. The van der Waals surface area contributed by atoms with Gasteiger partial charge in [0.15, 0.2) is 5.11 Å². The minimum atomic E-state index is -0.189. The zero-order chi connectivity index (χ0) is 23.8. The molecule has 7 heteroatoms. The molecule has 0 saturated carbocycles. The molecule has 172 valence electrons. The van der Waals surface area contributed by atoms with Gasteiger partial charge in [-0.2, -0.15) is 0 Å². The van der Waals surface area contributed by atoms with Gasteiger partial charge in [0.25, 0.3) is 0 Å². The predicted molar refractivity (Wildman–Crippen MR) is 145 cm³/mol. The van der Waals surface area contributed by atoms with Crippen molar-refractivity contribution >= 4 is 44.6 Å². The van der Waals surface area contributed by atoms with E-state index in [9.17, 15) is 0 Å². The quantitative estimate of drug-likeness (QED) is 0.290. The van der Waals surface area contributed by atoms with E-state index in [1.165, 1.54) is 5.56 Å². The van der Waals surface area contributed by atoms with Crippen LogP contribution in [0.5, 0.6) is 0 Å². The van der Waals surface area contributed by atoms with Crippen LogP contribution in [0.3, 0.4) is 0 Å². The second kappa shape index (κ2) is 9.24. The van der Waals surface area contributed by atoms with Crippen molar-refractivity contribution in [3.63, 3.8) is 0 Å². The lowest BCUT2D eigenvalue weighted by Crippen LogP contribution is -2.29. The fourth-order valence-electron chi connectivity index (χ4n) is 4.31. The first kappa shape index (κ1) is 22.6. The van der Waals surface area contributed by atoms with Crippen molar-refractivity contribution in [3.05, 3.63) is 100 Å². The molecule has 0 bridgehead atoms. The molecule has 4 aromatic rings. The molecular weight excluding hydrogens is 508 g/mol. The predicted octanol–water partition coefficient (Wildman–Crippen LogP) is 6.66. The Morgan fingerprint density at radius 1 is 1.03 bits per heavy atom. The molecule has 1 saturated heterocycles. The molecule has 0 spiro atoms. The fraction of sp³-hybridized carbons (Fsp3) is 0.185. The maximum Gasteiger partial charge on any atom is 0.174 e. The topological polar surface area (TPSA) is 44.5 Å². The Kier molecular flexibility index (Phi) is 6.15. The average molecular weight is 533 g/mol. The lowest BCUT2D eigenvalue weighted by molar-refractivity contribution is 0.439. The Hall–Kier alpha value is -3.16. The highest BCUT2D eigenvalue weighted by Crippen LogP contribution is 2.43. The monoisotopic (exact) mass is 532 g/mol. The summed E-state index contributed by atoms with van der Waals surface area (Å²) in [5.41, 5.74) is 5.25. The summed E-state index contributed by atoms with van der Waals surface area (Å²) in [4.78, 5) is 8.83. The molecule has 0 amide bonds. The number of nitrogens with zero attached hydrogens (tertiary/aromatic N) is 3. The van der Waals surface area contributed by atoms with Gasteiger partial charge < -0.3 is 19.5 Å². The highest BCUT2D eigenvalue weighted by molar-refractivity contribution is 9.10. The zero-order valence-corrected chi connectivity index (χ0v) is 21.6. The molecule has 5 rings (SSSR count). The molecule has 0 radical (unpaired) electrons. The molecule has 0 unspecified atom stereocenters. The van der Waals surface area contributed by atoms with E-state index in [4.69, 9.17) is 16.6 Å². The van der Waals surface area contributed by atoms with Gasteiger partial charge in [-0.25, -0.2) is 0 Å². The van der Waals surface area contributed by atoms with Gasteiger partial charge >= 0.3 is 0 Å². The molecule has 34 heavy (non-hydrogen) atoms. The number of anilines is 2. The largest absolute Gasteiger partial charge is 0.459 e. The van der Waals surface area contributed by atoms with E-state index in [0.717, 1.165) is 38.6 Å². The van der Waals surface area contributed by atoms with Crippen molar-refractivity contribution in [2.24, 2.45) is 0 Å². The van der Waals surface area contributed by atoms with E-state index in [1.54, 1.807) is 0 Å². The molecule has 1 N–H and O–H groups in total. The van der Waals surface area contributed by atoms with Crippen LogP contribution in [0.4, 0.5) is 11.4 Å². The minimum Gasteiger partial charge on any atom is -0.459 e. The summed E-state index contributed by atoms with van der Waals surface area (Å²) in [5, 5.41) is 4.13. The van der Waals surface area contributed by atoms with Crippen molar-refractivity contribution in [1.82, 2.24) is 10.3 Å². The fourth-order valence-corrected chi connectivity index (χ4v) is 5.34. The van der Waals surface area contributed by atoms with Gasteiger partial charge in [0.1, 0.15) is 17.6 Å². The van der Waals surface area contributed by atoms with Gasteiger partial charge in [-0.05, 0) is 85.4 Å². The van der Waals surface area contributed by atoms with E-state index in [0.29, 0.717) is 5.11 Å². The normalized spacial score (nSPS) is 17.6. The number of benzene rings is 2. The number of aryl methyl sites for hydroxylation is 1. The number of nitrogens with one attached hydrogen (secondary N) is 1. The van der Waals surface area contributed by atoms with Crippen molar-refractivity contribution < 1.29 is 4.42 Å². The van der Waals surface area contributed by atoms with Gasteiger partial charge in [-0.15, -0.1) is 0 Å². The van der Waals surface area contributed by atoms with Crippen LogP contribution in [-0.2, 0) is 0 Å². The van der Waals surface area contributed by atoms with E-state index in [2.05, 4.69) is 85.4 Å². The molecule has 5 nitrogen and oxygen atoms in total. The van der Waals surface area contributed by atoms with Crippen molar-refractivity contribution in [3.8, 4) is 11.3 Å². The molecule has 0 aliphatic carbocycles. The zero-order valence-electron chi connectivity index (χ0n) is 19.2. The lowest BCUT2D eigenvalue weighted by Gasteiger charge is -2.26. The molecular formula is C27H25BrN4OS. The maximum absolute atomic E-state index is 6.48. The summed E-state index contributed by atoms with van der Waals surface area (Å²) in [6.45, 7) is 2.07. The van der Waals surface area contributed by atoms with E-state index in [-0.39, 0.29) is 12.1 Å². The van der Waals surface area contributed by atoms with Crippen LogP contribution in [0.15, 0.2) is 87.9 Å². The van der Waals surface area contributed by atoms with E-state index < -0.39 is 0 Å². The maximum atomic E-state index is 6.48. The average Bonchev–Trinajstić information content (AvgIpc) is 3.44. The third-order valence-electron chi connectivity index (χ3n) is 6.05. The second-order valence-corrected chi connectivity index (χ2v) is 9.83. The smallest absolute Gasteiger partial charge is 0.174 e. The second-order valence-electron chi connectivity index (χ2n) is 8.59. The Bertz CT molecular complexity index is 1320. The molecule has 1 fully saturated rings. The molecule has 2 atom stereocenters. The highest BCUT2D eigenvalue weighted by Gasteiger charge is 2.42. The molecule has 3 heterocycles. The Morgan fingerprint density at radius 2 is 1.82 bits per heavy atom. The summed E-state index contributed by atoms with van der Waals surface area (Å²) in [6.07, 6.45) is 1.81. The van der Waals surface area contributed by atoms with Crippen LogP contribution >= 0.6 is 28.1 Å². The lowest BCUT2D eigenvalue weighted by atomic mass is 10.0. The summed E-state index contributed by atoms with van der Waals surface area (Å²) >= 11 is 9.51. The summed E-state index contributed by atoms with van der Waals surface area (Å²) in [5.74, 6) is 1.63. The number of hydrogen-bond donors (Lipinski definition) is 1. The number of furan rings is 1. The Labute approximate surface area is 213 Å². The molecule has 1 aliphatic rings. The number of halogens is 1. The first-order valence-corrected chi connectivity index (χ1v) is 12.3. The van der Waals surface area contributed by atoms with Gasteiger partial charge in [0.05, 0.1) is 11.7 Å². The standard InChI is InChI=1S/C27H25BrN4OS/c1-17-7-12-20(21(28)16-17)23-13-14-24(33-23)26-25(22-6-4-5-15-29-22)30-27(34)32(26)19-10-8-18(9-11-19)31(2)3/h4-16,25-26H,1-3H3,(H,30,34)/t25-,26+/m0/s1. The van der Waals surface area contributed by atoms with Crippen LogP contribution in [0, 0.1) is 6.92 Å². The van der Waals surface area contributed by atoms with Gasteiger partial charge in [0, 0.05) is 41.7 Å². The first-order chi connectivity index (χ1) is 16.4. The number of rotatable bonds is 5. The Balaban J connectivity index is 1.58. The third kappa shape index (κ3) is 4.21. The molecule has 2 aromatic heterocycles. The van der Waals surface area contributed by atoms with Crippen molar-refractivity contribution in [2.75, 3.05) is 23.9 Å². The highest BCUT2D eigenvalue weighted by atomic mass is 79.9. The minimum absolute atomic E-state index is 0.150. The molecule has 1 aliphatic heterocycles. The number of pyridine rings is 1. The first-order valence-electron chi connectivity index (χ1n) is 11.1. The van der Waals surface area contributed by atoms with Gasteiger partial charge in [-0.1, -0.05) is 28.1 Å². The molecule has 2 aromatic carbocycles. The SMILES string of the molecule is Cc1ccc(-c2ccc([C@@H]3[C@H](c4ccccn4)NC(=S)N3c3ccc(N(C)C)cc3)o2)c(Br)c1. The number of aromatic nitrogens is 1. The van der Waals surface area contributed by atoms with Gasteiger partial charge in [-0.3, -0.25) is 4.98 Å². The van der Waals surface area contributed by atoms with Crippen LogP contribution in [0.25, 0.3) is 11.3 Å². The number of thiocarbonyl (C=S) groups is 1. The van der Waals surface area contributed by atoms with Crippen LogP contribution in [0.2, 0.25) is 0 Å². The Morgan fingerprint density at radius 3 is 2.50 bits per heavy atom. The van der Waals surface area contributed by atoms with Crippen LogP contribution < -0.4 is 15.1 Å². The summed E-state index contributed by atoms with van der Waals surface area (Å²) in [7, 11) is 4.06. The summed E-state index contributed by atoms with van der Waals surface area (Å²) < 4.78 is 7.49. The van der Waals surface area contributed by atoms with Crippen LogP contribution in [0.1, 0.15) is 29.1 Å². The number of hydrogen-bond acceptors (Lipinski definition) is 4. The van der Waals surface area contributed by atoms with Gasteiger partial charge in [0.2, 0.25) is 0 Å². The van der Waals surface area contributed by atoms with Crippen LogP contribution in [-0.4, -0.2) is 24.2 Å². The van der Waals surface area contributed by atoms with E-state index >= 15 is 0 Å². The van der Waals surface area contributed by atoms with E-state index in [1.807, 2.05) is 50.6 Å². The van der Waals surface area contributed by atoms with Crippen molar-refractivity contribution in [2.45, 2.75) is 19.0 Å². The summed E-state index contributed by atoms with van der Waals surface area (Å²) in [6, 6.07) is 24.3.